The molecule has 2 bridgehead atoms. The van der Waals surface area contributed by atoms with Crippen LogP contribution in [-0.4, -0.2) is 0 Å². The maximum absolute atomic E-state index is 6.83. The molecule has 53 heavy (non-hydrogen) atoms. The number of nitrogens with one attached hydrogen (secondary N) is 1. The molecular formula is C50H39N3. The molecule has 8 aromatic carbocycles. The Balaban J connectivity index is 1.10. The topological polar surface area (TPSA) is 41.3 Å². The molecule has 8 aromatic rings. The van der Waals surface area contributed by atoms with Crippen molar-refractivity contribution in [2.45, 2.75) is 11.5 Å². The number of hydrazine groups is 1. The lowest BCUT2D eigenvalue weighted by Crippen LogP contribution is -2.36. The van der Waals surface area contributed by atoms with Crippen LogP contribution in [0.2, 0.25) is 0 Å². The molecule has 0 radical (unpaired) electrons. The Morgan fingerprint density at radius 1 is 0.415 bits per heavy atom. The van der Waals surface area contributed by atoms with E-state index in [9.17, 15) is 0 Å². The molecule has 1 aliphatic carbocycles. The van der Waals surface area contributed by atoms with Crippen LogP contribution in [0.1, 0.15) is 39.4 Å². The number of nitrogens with two attached hydrogens (primary N) is 1. The molecule has 254 valence electrons. The fraction of sp³-hybridized carbons (Fsp3) is 0.0400. The predicted molar refractivity (Wildman–Crippen MR) is 220 cm³/mol. The number of anilines is 3. The van der Waals surface area contributed by atoms with Crippen molar-refractivity contribution in [1.82, 2.24) is 0 Å². The highest BCUT2D eigenvalue weighted by atomic mass is 15.4. The summed E-state index contributed by atoms with van der Waals surface area (Å²) in [6, 6.07) is 75.6. The van der Waals surface area contributed by atoms with Crippen LogP contribution in [0.5, 0.6) is 0 Å². The fourth-order valence-corrected chi connectivity index (χ4v) is 8.25. The van der Waals surface area contributed by atoms with Gasteiger partial charge in [-0.05, 0) is 86.5 Å². The van der Waals surface area contributed by atoms with E-state index in [1.165, 1.54) is 38.9 Å². The van der Waals surface area contributed by atoms with E-state index in [-0.39, 0.29) is 6.04 Å². The minimum absolute atomic E-state index is 0.148. The first-order valence-electron chi connectivity index (χ1n) is 18.2. The second-order valence-electron chi connectivity index (χ2n) is 13.6. The first kappa shape index (κ1) is 32.2. The number of fused-ring (bicyclic) bond motifs is 4. The van der Waals surface area contributed by atoms with E-state index in [0.29, 0.717) is 0 Å². The minimum atomic E-state index is -0.429. The van der Waals surface area contributed by atoms with Crippen LogP contribution in [0.4, 0.5) is 17.1 Å². The molecule has 1 aliphatic rings. The molecule has 0 amide bonds. The zero-order valence-corrected chi connectivity index (χ0v) is 29.3. The Morgan fingerprint density at radius 2 is 0.943 bits per heavy atom. The third kappa shape index (κ3) is 5.68. The maximum Gasteiger partial charge on any atom is 0.0952 e. The molecule has 9 rings (SSSR count). The van der Waals surface area contributed by atoms with Gasteiger partial charge in [0.05, 0.1) is 17.1 Å². The van der Waals surface area contributed by atoms with E-state index in [4.69, 9.17) is 5.84 Å². The molecule has 0 aliphatic heterocycles. The van der Waals surface area contributed by atoms with Crippen LogP contribution in [0.25, 0.3) is 22.3 Å². The summed E-state index contributed by atoms with van der Waals surface area (Å²) in [6.45, 7) is 0. The summed E-state index contributed by atoms with van der Waals surface area (Å²) in [5.41, 5.74) is 14.8. The zero-order valence-electron chi connectivity index (χ0n) is 29.3. The highest BCUT2D eigenvalue weighted by molar-refractivity contribution is 5.94. The van der Waals surface area contributed by atoms with E-state index in [1.54, 1.807) is 0 Å². The molecule has 0 saturated heterocycles. The summed E-state index contributed by atoms with van der Waals surface area (Å²) >= 11 is 0. The van der Waals surface area contributed by atoms with Gasteiger partial charge < -0.3 is 5.32 Å². The van der Waals surface area contributed by atoms with Crippen molar-refractivity contribution in [2.75, 3.05) is 10.3 Å². The highest BCUT2D eigenvalue weighted by Gasteiger charge is 2.43. The SMILES string of the molecule is NN(c1ccccc1)C(c1ccccc1)c1ccc(Nc2ccccc2-c2ccc3cc2-c2ccccc2C3(c2ccccc2)c2ccccc2)cc1. The van der Waals surface area contributed by atoms with E-state index in [1.807, 2.05) is 41.4 Å². The number of hydrogen-bond acceptors (Lipinski definition) is 3. The number of benzene rings is 8. The fourth-order valence-electron chi connectivity index (χ4n) is 8.25. The van der Waals surface area contributed by atoms with Crippen LogP contribution in [0.3, 0.4) is 0 Å². The Labute approximate surface area is 311 Å². The lowest BCUT2D eigenvalue weighted by Gasteiger charge is -2.41. The number of hydrogen-bond donors (Lipinski definition) is 2. The third-order valence-electron chi connectivity index (χ3n) is 10.7. The molecule has 1 atom stereocenters. The molecule has 0 spiro atoms. The maximum atomic E-state index is 6.83. The normalized spacial score (nSPS) is 13.1. The van der Waals surface area contributed by atoms with Crippen molar-refractivity contribution in [2.24, 2.45) is 5.84 Å². The molecule has 0 fully saturated rings. The summed E-state index contributed by atoms with van der Waals surface area (Å²) in [5, 5.41) is 5.62. The quantitative estimate of drug-likeness (QED) is 0.118. The molecule has 3 heteroatoms. The van der Waals surface area contributed by atoms with E-state index in [2.05, 4.69) is 181 Å². The van der Waals surface area contributed by atoms with Gasteiger partial charge >= 0.3 is 0 Å². The smallest absolute Gasteiger partial charge is 0.0952 e. The van der Waals surface area contributed by atoms with Gasteiger partial charge in [0.2, 0.25) is 0 Å². The van der Waals surface area contributed by atoms with Gasteiger partial charge in [-0.25, -0.2) is 5.84 Å². The summed E-state index contributed by atoms with van der Waals surface area (Å²) in [7, 11) is 0. The van der Waals surface area contributed by atoms with Crippen molar-refractivity contribution >= 4 is 17.1 Å². The molecule has 0 saturated carbocycles. The van der Waals surface area contributed by atoms with Crippen LogP contribution in [0, 0.1) is 0 Å². The number of rotatable bonds is 9. The lowest BCUT2D eigenvalue weighted by molar-refractivity contribution is 0.735. The van der Waals surface area contributed by atoms with Crippen LogP contribution in [-0.2, 0) is 5.41 Å². The van der Waals surface area contributed by atoms with Gasteiger partial charge in [-0.1, -0.05) is 176 Å². The monoisotopic (exact) mass is 681 g/mol. The van der Waals surface area contributed by atoms with Gasteiger partial charge in [0, 0.05) is 16.9 Å². The van der Waals surface area contributed by atoms with E-state index >= 15 is 0 Å². The Bertz CT molecular complexity index is 2440. The molecule has 0 heterocycles. The summed E-state index contributed by atoms with van der Waals surface area (Å²) in [4.78, 5) is 0. The Morgan fingerprint density at radius 3 is 1.60 bits per heavy atom. The minimum Gasteiger partial charge on any atom is -0.355 e. The first-order chi connectivity index (χ1) is 26.2. The summed E-state index contributed by atoms with van der Waals surface area (Å²) in [5.74, 6) is 6.83. The number of para-hydroxylation sites is 2. The van der Waals surface area contributed by atoms with Gasteiger partial charge in [-0.15, -0.1) is 0 Å². The van der Waals surface area contributed by atoms with Crippen molar-refractivity contribution < 1.29 is 0 Å². The van der Waals surface area contributed by atoms with Crippen molar-refractivity contribution in [1.29, 1.82) is 0 Å². The summed E-state index contributed by atoms with van der Waals surface area (Å²) in [6.07, 6.45) is 0. The van der Waals surface area contributed by atoms with E-state index in [0.717, 1.165) is 33.8 Å². The van der Waals surface area contributed by atoms with Crippen LogP contribution in [0.15, 0.2) is 212 Å². The van der Waals surface area contributed by atoms with Gasteiger partial charge in [0.25, 0.3) is 0 Å². The second-order valence-corrected chi connectivity index (χ2v) is 13.6. The van der Waals surface area contributed by atoms with Gasteiger partial charge in [-0.3, -0.25) is 5.01 Å². The van der Waals surface area contributed by atoms with Crippen molar-refractivity contribution in [3.63, 3.8) is 0 Å². The lowest BCUT2D eigenvalue weighted by atomic mass is 9.60. The van der Waals surface area contributed by atoms with Gasteiger partial charge in [0.1, 0.15) is 0 Å². The number of nitrogens with zero attached hydrogens (tertiary/aromatic N) is 1. The first-order valence-corrected chi connectivity index (χ1v) is 18.2. The molecule has 3 N–H and O–H groups in total. The Hall–Kier alpha value is -6.68. The largest absolute Gasteiger partial charge is 0.355 e. The average Bonchev–Trinajstić information content (AvgIpc) is 3.24. The third-order valence-corrected chi connectivity index (χ3v) is 10.7. The predicted octanol–water partition coefficient (Wildman–Crippen LogP) is 11.9. The van der Waals surface area contributed by atoms with E-state index < -0.39 is 5.41 Å². The standard InChI is InChI=1S/C50H39N3/c51-53(42-23-11-4-12-24-42)49(36-17-5-1-6-18-36)37-29-32-41(33-30-37)52-48-28-16-14-26-45(48)43-34-31-40-35-46(43)44-25-13-15-27-47(44)50(40,38-19-7-2-8-20-38)39-21-9-3-10-22-39/h1-35,49,52H,51H2. The van der Waals surface area contributed by atoms with Crippen molar-refractivity contribution in [3.05, 3.63) is 246 Å². The molecular weight excluding hydrogens is 643 g/mol. The molecule has 3 nitrogen and oxygen atoms in total. The molecule has 1 unspecified atom stereocenters. The van der Waals surface area contributed by atoms with Crippen molar-refractivity contribution in [3.8, 4) is 22.3 Å². The highest BCUT2D eigenvalue weighted by Crippen LogP contribution is 2.54. The van der Waals surface area contributed by atoms with Crippen LogP contribution < -0.4 is 16.2 Å². The second kappa shape index (κ2) is 13.8. The summed E-state index contributed by atoms with van der Waals surface area (Å²) < 4.78 is 0. The molecule has 0 aromatic heterocycles. The average molecular weight is 682 g/mol. The van der Waals surface area contributed by atoms with Crippen LogP contribution >= 0.6 is 0 Å². The van der Waals surface area contributed by atoms with Gasteiger partial charge in [0.15, 0.2) is 0 Å². The zero-order chi connectivity index (χ0) is 35.6. The van der Waals surface area contributed by atoms with Gasteiger partial charge in [-0.2, -0.15) is 0 Å². The Kier molecular flexibility index (Phi) is 8.39.